The van der Waals surface area contributed by atoms with Crippen molar-refractivity contribution < 1.29 is 13.2 Å². The van der Waals surface area contributed by atoms with Crippen LogP contribution < -0.4 is 9.62 Å². The van der Waals surface area contributed by atoms with Crippen LogP contribution in [0, 0.1) is 6.92 Å². The maximum absolute atomic E-state index is 13.4. The summed E-state index contributed by atoms with van der Waals surface area (Å²) < 4.78 is 28.5. The molecule has 32 heavy (non-hydrogen) atoms. The van der Waals surface area contributed by atoms with E-state index in [0.29, 0.717) is 9.59 Å². The fraction of sp³-hybridized carbons (Fsp3) is 0.250. The summed E-state index contributed by atoms with van der Waals surface area (Å²) in [5.74, 6) is -0.589. The minimum Gasteiger partial charge on any atom is -0.299 e. The smallest absolute Gasteiger partial charge is 0.264 e. The van der Waals surface area contributed by atoms with Crippen LogP contribution in [0.3, 0.4) is 0 Å². The lowest BCUT2D eigenvalue weighted by atomic mass is 10.2. The largest absolute Gasteiger partial charge is 0.299 e. The summed E-state index contributed by atoms with van der Waals surface area (Å²) in [6.07, 6.45) is 0. The van der Waals surface area contributed by atoms with Crippen LogP contribution in [0.15, 0.2) is 51.7 Å². The molecule has 1 heterocycles. The van der Waals surface area contributed by atoms with Crippen LogP contribution >= 0.6 is 46.3 Å². The Labute approximate surface area is 205 Å². The second-order valence-corrected chi connectivity index (χ2v) is 12.5. The molecule has 0 aliphatic rings. The first-order valence-electron chi connectivity index (χ1n) is 9.40. The van der Waals surface area contributed by atoms with Gasteiger partial charge in [0, 0.05) is 10.3 Å². The van der Waals surface area contributed by atoms with Gasteiger partial charge in [-0.1, -0.05) is 77.8 Å². The van der Waals surface area contributed by atoms with Crippen molar-refractivity contribution in [1.29, 1.82) is 0 Å². The number of nitrogens with zero attached hydrogens (tertiary/aromatic N) is 3. The van der Waals surface area contributed by atoms with Gasteiger partial charge in [-0.2, -0.15) is 0 Å². The van der Waals surface area contributed by atoms with Gasteiger partial charge >= 0.3 is 0 Å². The highest BCUT2D eigenvalue weighted by Gasteiger charge is 2.29. The maximum atomic E-state index is 13.4. The fourth-order valence-electron chi connectivity index (χ4n) is 2.61. The monoisotopic (exact) mass is 530 g/mol. The van der Waals surface area contributed by atoms with Crippen LogP contribution in [0.2, 0.25) is 10.0 Å². The van der Waals surface area contributed by atoms with Crippen LogP contribution in [-0.2, 0) is 14.8 Å². The van der Waals surface area contributed by atoms with Crippen LogP contribution in [0.1, 0.15) is 19.4 Å². The number of thioether (sulfide) groups is 1. The molecule has 2 aromatic carbocycles. The van der Waals surface area contributed by atoms with E-state index < -0.39 is 22.5 Å². The van der Waals surface area contributed by atoms with Crippen LogP contribution in [0.25, 0.3) is 0 Å². The lowest BCUT2D eigenvalue weighted by Gasteiger charge is -2.25. The number of carbonyl (C=O) groups is 1. The lowest BCUT2D eigenvalue weighted by molar-refractivity contribution is -0.114. The Balaban J connectivity index is 1.92. The van der Waals surface area contributed by atoms with Gasteiger partial charge in [0.1, 0.15) is 6.54 Å². The number of amides is 1. The second kappa shape index (κ2) is 10.4. The lowest BCUT2D eigenvalue weighted by Crippen LogP contribution is -2.38. The van der Waals surface area contributed by atoms with E-state index in [9.17, 15) is 13.2 Å². The average Bonchev–Trinajstić information content (AvgIpc) is 3.14. The highest BCUT2D eigenvalue weighted by Crippen LogP contribution is 2.33. The molecule has 0 fully saturated rings. The van der Waals surface area contributed by atoms with Crippen molar-refractivity contribution in [2.75, 3.05) is 16.2 Å². The van der Waals surface area contributed by atoms with Gasteiger partial charge in [-0.05, 0) is 37.3 Å². The number of hydrogen-bond acceptors (Lipinski definition) is 7. The van der Waals surface area contributed by atoms with Gasteiger partial charge in [-0.15, -0.1) is 10.2 Å². The number of aryl methyl sites for hydroxylation is 1. The normalized spacial score (nSPS) is 11.6. The Morgan fingerprint density at radius 1 is 1.16 bits per heavy atom. The molecule has 1 aromatic heterocycles. The molecular weight excluding hydrogens is 511 g/mol. The fourth-order valence-corrected chi connectivity index (χ4v) is 6.47. The van der Waals surface area contributed by atoms with Gasteiger partial charge < -0.3 is 0 Å². The molecule has 3 rings (SSSR count). The number of nitrogens with one attached hydrogen (secondary N) is 1. The first-order chi connectivity index (χ1) is 15.1. The number of sulfonamides is 1. The molecule has 0 saturated heterocycles. The predicted molar refractivity (Wildman–Crippen MR) is 132 cm³/mol. The average molecular weight is 532 g/mol. The second-order valence-electron chi connectivity index (χ2n) is 7.01. The van der Waals surface area contributed by atoms with Gasteiger partial charge in [0.05, 0.1) is 15.6 Å². The first kappa shape index (κ1) is 24.8. The van der Waals surface area contributed by atoms with Crippen molar-refractivity contribution in [3.05, 3.63) is 58.1 Å². The van der Waals surface area contributed by atoms with Crippen molar-refractivity contribution in [2.45, 2.75) is 35.3 Å². The van der Waals surface area contributed by atoms with Crippen molar-refractivity contribution in [3.8, 4) is 0 Å². The molecule has 0 radical (unpaired) electrons. The third kappa shape index (κ3) is 6.14. The summed E-state index contributed by atoms with van der Waals surface area (Å²) in [6, 6.07) is 10.8. The van der Waals surface area contributed by atoms with E-state index in [1.54, 1.807) is 18.2 Å². The van der Waals surface area contributed by atoms with Gasteiger partial charge in [0.25, 0.3) is 10.0 Å². The summed E-state index contributed by atoms with van der Waals surface area (Å²) in [7, 11) is -4.12. The Morgan fingerprint density at radius 3 is 2.50 bits per heavy atom. The molecule has 7 nitrogen and oxygen atoms in total. The number of benzene rings is 2. The molecule has 0 unspecified atom stereocenters. The van der Waals surface area contributed by atoms with Crippen molar-refractivity contribution >= 4 is 73.0 Å². The molecule has 0 spiro atoms. The van der Waals surface area contributed by atoms with E-state index in [1.165, 1.54) is 47.4 Å². The Kier molecular flexibility index (Phi) is 8.05. The Bertz CT molecular complexity index is 1220. The number of hydrogen-bond donors (Lipinski definition) is 1. The number of carbonyl (C=O) groups excluding carboxylic acids is 1. The number of aromatic nitrogens is 2. The Morgan fingerprint density at radius 2 is 1.84 bits per heavy atom. The van der Waals surface area contributed by atoms with E-state index in [2.05, 4.69) is 15.5 Å². The van der Waals surface area contributed by atoms with Crippen molar-refractivity contribution in [2.24, 2.45) is 0 Å². The molecular formula is C20H20Cl2N4O3S3. The zero-order valence-corrected chi connectivity index (χ0v) is 21.3. The molecule has 12 heteroatoms. The summed E-state index contributed by atoms with van der Waals surface area (Å²) in [5.41, 5.74) is 1.00. The molecule has 1 amide bonds. The third-order valence-corrected chi connectivity index (χ3v) is 8.32. The number of halogens is 2. The van der Waals surface area contributed by atoms with E-state index in [4.69, 9.17) is 23.2 Å². The SMILES string of the molecule is Cc1ccc(S(=O)(=O)N(CC(=O)Nc2nnc(SC(C)C)s2)c2cc(Cl)ccc2Cl)cc1. The minimum atomic E-state index is -4.12. The number of rotatable bonds is 8. The molecule has 3 aromatic rings. The highest BCUT2D eigenvalue weighted by molar-refractivity contribution is 8.01. The standard InChI is InChI=1S/C20H20Cl2N4O3S3/c1-12(2)30-20-25-24-19(31-20)23-18(27)11-26(17-10-14(21)6-9-16(17)22)32(28,29)15-7-4-13(3)5-8-15/h4-10,12H,11H2,1-3H3,(H,23,24,27). The van der Waals surface area contributed by atoms with Gasteiger partial charge in [-0.25, -0.2) is 8.42 Å². The number of anilines is 2. The van der Waals surface area contributed by atoms with Gasteiger partial charge in [-0.3, -0.25) is 14.4 Å². The molecule has 0 bridgehead atoms. The highest BCUT2D eigenvalue weighted by atomic mass is 35.5. The van der Waals surface area contributed by atoms with Crippen molar-refractivity contribution in [3.63, 3.8) is 0 Å². The van der Waals surface area contributed by atoms with Crippen LogP contribution in [0.4, 0.5) is 10.8 Å². The molecule has 0 atom stereocenters. The summed E-state index contributed by atoms with van der Waals surface area (Å²) in [5, 5.41) is 11.6. The van der Waals surface area contributed by atoms with E-state index in [0.717, 1.165) is 9.87 Å². The molecule has 0 aliphatic carbocycles. The molecule has 170 valence electrons. The zero-order valence-electron chi connectivity index (χ0n) is 17.4. The van der Waals surface area contributed by atoms with Gasteiger partial charge in [0.15, 0.2) is 4.34 Å². The van der Waals surface area contributed by atoms with Gasteiger partial charge in [0.2, 0.25) is 11.0 Å². The summed E-state index contributed by atoms with van der Waals surface area (Å²) in [4.78, 5) is 12.8. The first-order valence-corrected chi connectivity index (χ1v) is 13.3. The molecule has 0 aliphatic heterocycles. The van der Waals surface area contributed by atoms with E-state index in [-0.39, 0.29) is 25.8 Å². The Hall–Kier alpha value is -1.85. The maximum Gasteiger partial charge on any atom is 0.264 e. The van der Waals surface area contributed by atoms with Crippen LogP contribution in [0.5, 0.6) is 0 Å². The predicted octanol–water partition coefficient (Wildman–Crippen LogP) is 5.49. The zero-order chi connectivity index (χ0) is 23.5. The summed E-state index contributed by atoms with van der Waals surface area (Å²) >= 11 is 15.1. The topological polar surface area (TPSA) is 92.3 Å². The van der Waals surface area contributed by atoms with E-state index >= 15 is 0 Å². The molecule has 0 saturated carbocycles. The third-order valence-electron chi connectivity index (χ3n) is 4.06. The van der Waals surface area contributed by atoms with Crippen LogP contribution in [-0.4, -0.2) is 36.3 Å². The van der Waals surface area contributed by atoms with Crippen molar-refractivity contribution in [1.82, 2.24) is 10.2 Å². The quantitative estimate of drug-likeness (QED) is 0.305. The van der Waals surface area contributed by atoms with E-state index in [1.807, 2.05) is 20.8 Å². The summed E-state index contributed by atoms with van der Waals surface area (Å²) in [6.45, 7) is 5.37. The minimum absolute atomic E-state index is 0.0264. The molecule has 1 N–H and O–H groups in total.